The lowest BCUT2D eigenvalue weighted by molar-refractivity contribution is 0.500. The molecule has 2 aromatic heterocycles. The van der Waals surface area contributed by atoms with Crippen LogP contribution in [0, 0.1) is 22.7 Å². The van der Waals surface area contributed by atoms with Crippen LogP contribution < -0.4 is 9.80 Å². The Hall–Kier alpha value is -8.58. The van der Waals surface area contributed by atoms with Crippen LogP contribution in [-0.4, -0.2) is 0 Å². The van der Waals surface area contributed by atoms with E-state index in [2.05, 4.69) is 185 Å². The first kappa shape index (κ1) is 42.8. The molecule has 0 aliphatic heterocycles. The van der Waals surface area contributed by atoms with E-state index >= 15 is 0 Å². The van der Waals surface area contributed by atoms with Crippen molar-refractivity contribution in [2.45, 2.75) is 65.2 Å². The monoisotopic (exact) mass is 906 g/mol. The van der Waals surface area contributed by atoms with Gasteiger partial charge in [0.05, 0.1) is 46.0 Å². The Labute approximate surface area is 407 Å². The summed E-state index contributed by atoms with van der Waals surface area (Å²) in [5.41, 5.74) is 12.4. The lowest BCUT2D eigenvalue weighted by Gasteiger charge is -2.29. The average molecular weight is 907 g/mol. The zero-order valence-corrected chi connectivity index (χ0v) is 40.2. The number of benzene rings is 10. The van der Waals surface area contributed by atoms with Gasteiger partial charge in [-0.25, -0.2) is 0 Å². The SMILES string of the molecule is CCC(C)(C)c1cccc2c1oc1c(N(c3ccc(C#N)cc3)c3ccc4ccc5c(N(c6ccc(C#N)cc6)c6cccc7c6oc6c(C(C)(C)CC)cccc67)ccc6ccc3c4c65)cccc12. The van der Waals surface area contributed by atoms with E-state index in [1.807, 2.05) is 48.5 Å². The van der Waals surface area contributed by atoms with Gasteiger partial charge in [0.15, 0.2) is 11.2 Å². The average Bonchev–Trinajstić information content (AvgIpc) is 3.99. The van der Waals surface area contributed by atoms with Crippen molar-refractivity contribution in [3.05, 3.63) is 192 Å². The summed E-state index contributed by atoms with van der Waals surface area (Å²) in [5.74, 6) is 0. The predicted octanol–water partition coefficient (Wildman–Crippen LogP) is 18.4. The molecule has 10 aromatic carbocycles. The predicted molar refractivity (Wildman–Crippen MR) is 290 cm³/mol. The second-order valence-corrected chi connectivity index (χ2v) is 19.9. The minimum absolute atomic E-state index is 0.0884. The fraction of sp³-hybridized carbons (Fsp3) is 0.156. The molecule has 0 bridgehead atoms. The van der Waals surface area contributed by atoms with Crippen LogP contribution in [0.1, 0.15) is 76.6 Å². The molecule has 0 radical (unpaired) electrons. The van der Waals surface area contributed by atoms with Crippen LogP contribution in [0.25, 0.3) is 76.2 Å². The highest BCUT2D eigenvalue weighted by molar-refractivity contribution is 6.29. The first-order chi connectivity index (χ1) is 34.0. The lowest BCUT2D eigenvalue weighted by Crippen LogP contribution is -2.15. The fourth-order valence-corrected chi connectivity index (χ4v) is 10.8. The summed E-state index contributed by atoms with van der Waals surface area (Å²) in [4.78, 5) is 4.59. The molecular weight excluding hydrogens is 857 g/mol. The number of rotatable bonds is 10. The molecule has 12 rings (SSSR count). The van der Waals surface area contributed by atoms with Crippen LogP contribution in [0.15, 0.2) is 179 Å². The third kappa shape index (κ3) is 6.44. The van der Waals surface area contributed by atoms with Crippen LogP contribution in [0.3, 0.4) is 0 Å². The Balaban J connectivity index is 1.12. The number of hydrogen-bond acceptors (Lipinski definition) is 6. The van der Waals surface area contributed by atoms with Crippen LogP contribution in [-0.2, 0) is 10.8 Å². The zero-order chi connectivity index (χ0) is 48.1. The number of furan rings is 2. The van der Waals surface area contributed by atoms with Gasteiger partial charge >= 0.3 is 0 Å². The third-order valence-electron chi connectivity index (χ3n) is 15.3. The van der Waals surface area contributed by atoms with Gasteiger partial charge in [0.1, 0.15) is 11.2 Å². The van der Waals surface area contributed by atoms with Gasteiger partial charge in [-0.3, -0.25) is 0 Å². The fourth-order valence-electron chi connectivity index (χ4n) is 10.8. The standard InChI is InChI=1S/C64H50N4O2/c1-7-63(3,4)51-17-9-13-45-47-15-11-19-55(61(47)69-59(45)51)67(43-29-21-39(37-65)22-30-43)53-35-27-41-26-34-50-54(36-28-42-25-33-49(53)57(41)58(42)50)68(44-31-23-40(38-66)24-32-44)56-20-12-16-48-46-14-10-18-52(64(5,6)8-2)60(46)70-62(48)56/h9-36H,7-8H2,1-6H3. The molecule has 6 heteroatoms. The number of para-hydroxylation sites is 4. The number of nitrogens with zero attached hydrogens (tertiary/aromatic N) is 4. The number of nitriles is 2. The van der Waals surface area contributed by atoms with Gasteiger partial charge in [-0.15, -0.1) is 0 Å². The van der Waals surface area contributed by atoms with E-state index in [9.17, 15) is 10.5 Å². The second-order valence-electron chi connectivity index (χ2n) is 19.9. The Bertz CT molecular complexity index is 3850. The molecule has 12 aromatic rings. The Morgan fingerprint density at radius 3 is 1.11 bits per heavy atom. The van der Waals surface area contributed by atoms with Crippen LogP contribution in [0.4, 0.5) is 34.1 Å². The highest BCUT2D eigenvalue weighted by atomic mass is 16.3. The quantitative estimate of drug-likeness (QED) is 0.127. The molecule has 6 nitrogen and oxygen atoms in total. The molecule has 0 aliphatic carbocycles. The van der Waals surface area contributed by atoms with Crippen molar-refractivity contribution in [2.75, 3.05) is 9.80 Å². The summed E-state index contributed by atoms with van der Waals surface area (Å²) >= 11 is 0. The molecule has 0 fully saturated rings. The minimum Gasteiger partial charge on any atom is -0.454 e. The van der Waals surface area contributed by atoms with Gasteiger partial charge in [-0.1, -0.05) is 139 Å². The lowest BCUT2D eigenvalue weighted by atomic mass is 9.81. The number of anilines is 6. The van der Waals surface area contributed by atoms with Gasteiger partial charge in [0.25, 0.3) is 0 Å². The molecule has 0 aliphatic rings. The Morgan fingerprint density at radius 1 is 0.386 bits per heavy atom. The molecule has 0 unspecified atom stereocenters. The van der Waals surface area contributed by atoms with Crippen LogP contribution >= 0.6 is 0 Å². The van der Waals surface area contributed by atoms with E-state index in [0.717, 1.165) is 123 Å². The molecule has 70 heavy (non-hydrogen) atoms. The maximum atomic E-state index is 9.90. The maximum absolute atomic E-state index is 9.90. The molecule has 0 saturated carbocycles. The maximum Gasteiger partial charge on any atom is 0.159 e. The van der Waals surface area contributed by atoms with Crippen molar-refractivity contribution in [3.8, 4) is 12.1 Å². The van der Waals surface area contributed by atoms with Crippen molar-refractivity contribution >= 4 is 110 Å². The zero-order valence-electron chi connectivity index (χ0n) is 40.2. The molecule has 2 heterocycles. The third-order valence-corrected chi connectivity index (χ3v) is 15.3. The van der Waals surface area contributed by atoms with Crippen molar-refractivity contribution in [3.63, 3.8) is 0 Å². The minimum atomic E-state index is -0.0884. The number of hydrogen-bond donors (Lipinski definition) is 0. The molecule has 338 valence electrons. The topological polar surface area (TPSA) is 80.3 Å². The largest absolute Gasteiger partial charge is 0.454 e. The molecular formula is C64H50N4O2. The first-order valence-electron chi connectivity index (χ1n) is 24.2. The molecule has 0 saturated heterocycles. The van der Waals surface area contributed by atoms with Gasteiger partial charge in [0, 0.05) is 54.8 Å². The van der Waals surface area contributed by atoms with Crippen LogP contribution in [0.5, 0.6) is 0 Å². The summed E-state index contributed by atoms with van der Waals surface area (Å²) in [6.45, 7) is 13.6. The van der Waals surface area contributed by atoms with E-state index < -0.39 is 0 Å². The van der Waals surface area contributed by atoms with E-state index in [0.29, 0.717) is 11.1 Å². The summed E-state index contributed by atoms with van der Waals surface area (Å²) < 4.78 is 14.2. The summed E-state index contributed by atoms with van der Waals surface area (Å²) in [5, 5.41) is 30.8. The van der Waals surface area contributed by atoms with Gasteiger partial charge in [-0.05, 0) is 118 Å². The van der Waals surface area contributed by atoms with Crippen molar-refractivity contribution < 1.29 is 8.83 Å². The van der Waals surface area contributed by atoms with Crippen molar-refractivity contribution in [1.82, 2.24) is 0 Å². The molecule has 0 N–H and O–H groups in total. The van der Waals surface area contributed by atoms with Gasteiger partial charge in [0.2, 0.25) is 0 Å². The van der Waals surface area contributed by atoms with E-state index in [4.69, 9.17) is 8.83 Å². The van der Waals surface area contributed by atoms with E-state index in [1.54, 1.807) is 0 Å². The molecule has 0 atom stereocenters. The van der Waals surface area contributed by atoms with Crippen molar-refractivity contribution in [2.24, 2.45) is 0 Å². The summed E-state index contributed by atoms with van der Waals surface area (Å²) in [7, 11) is 0. The highest BCUT2D eigenvalue weighted by Crippen LogP contribution is 2.51. The van der Waals surface area contributed by atoms with Gasteiger partial charge < -0.3 is 18.6 Å². The van der Waals surface area contributed by atoms with Crippen LogP contribution in [0.2, 0.25) is 0 Å². The van der Waals surface area contributed by atoms with E-state index in [-0.39, 0.29) is 10.8 Å². The van der Waals surface area contributed by atoms with Gasteiger partial charge in [-0.2, -0.15) is 10.5 Å². The summed E-state index contributed by atoms with van der Waals surface area (Å²) in [6.07, 6.45) is 1.94. The van der Waals surface area contributed by atoms with Crippen molar-refractivity contribution in [1.29, 1.82) is 10.5 Å². The molecule has 0 spiro atoms. The smallest absolute Gasteiger partial charge is 0.159 e. The highest BCUT2D eigenvalue weighted by Gasteiger charge is 2.29. The second kappa shape index (κ2) is 16.0. The molecule has 0 amide bonds. The normalized spacial score (nSPS) is 12.2. The Kier molecular flexibility index (Phi) is 9.78. The van der Waals surface area contributed by atoms with E-state index in [1.165, 1.54) is 11.1 Å². The Morgan fingerprint density at radius 2 is 0.743 bits per heavy atom. The first-order valence-corrected chi connectivity index (χ1v) is 24.2. The number of fused-ring (bicyclic) bond motifs is 6. The summed E-state index contributed by atoms with van der Waals surface area (Å²) in [6, 6.07) is 64.0.